The van der Waals surface area contributed by atoms with E-state index in [4.69, 9.17) is 21.3 Å². The number of nitrogens with one attached hydrogen (secondary N) is 1. The zero-order valence-corrected chi connectivity index (χ0v) is 24.9. The second kappa shape index (κ2) is 12.2. The molecule has 6 rings (SSSR count). The number of piperazine rings is 1. The van der Waals surface area contributed by atoms with Gasteiger partial charge in [0.15, 0.2) is 0 Å². The van der Waals surface area contributed by atoms with Crippen LogP contribution in [0.4, 0.5) is 5.82 Å². The highest BCUT2D eigenvalue weighted by Gasteiger charge is 2.42. The molecule has 2 saturated heterocycles. The first kappa shape index (κ1) is 28.4. The first-order valence-corrected chi connectivity index (χ1v) is 15.5. The fourth-order valence-electron chi connectivity index (χ4n) is 7.10. The molecular weight excluding hydrogens is 540 g/mol. The van der Waals surface area contributed by atoms with E-state index in [0.717, 1.165) is 81.9 Å². The predicted molar refractivity (Wildman–Crippen MR) is 158 cm³/mol. The number of aryl methyl sites for hydroxylation is 1. The lowest BCUT2D eigenvalue weighted by molar-refractivity contribution is 0.0298. The molecule has 2 aromatic rings. The molecule has 10 heteroatoms. The quantitative estimate of drug-likeness (QED) is 0.487. The maximum Gasteiger partial charge on any atom is 0.338 e. The molecule has 2 atom stereocenters. The highest BCUT2D eigenvalue weighted by atomic mass is 35.5. The van der Waals surface area contributed by atoms with E-state index in [1.54, 1.807) is 12.3 Å². The van der Waals surface area contributed by atoms with Gasteiger partial charge in [-0.25, -0.2) is 14.8 Å². The molecule has 2 saturated carbocycles. The Hall–Kier alpha value is -2.75. The van der Waals surface area contributed by atoms with Gasteiger partial charge in [0.1, 0.15) is 11.5 Å². The molecule has 2 aliphatic carbocycles. The number of anilines is 1. The van der Waals surface area contributed by atoms with Crippen LogP contribution in [0.25, 0.3) is 0 Å². The molecule has 1 aromatic carbocycles. The van der Waals surface area contributed by atoms with Gasteiger partial charge in [-0.15, -0.1) is 0 Å². The van der Waals surface area contributed by atoms with E-state index in [1.807, 2.05) is 19.1 Å². The van der Waals surface area contributed by atoms with Gasteiger partial charge >= 0.3 is 5.97 Å². The van der Waals surface area contributed by atoms with Crippen LogP contribution in [0.15, 0.2) is 24.4 Å². The SMILES string of the molecule is COC(=O)c1cc(Cl)ccc1CN1CCC(N2CCN(c3ncc(C(=O)NC4CC4)nc3C)[C@H]3CCCC[C@H]32)CC1. The molecule has 1 aromatic heterocycles. The van der Waals surface area contributed by atoms with Crippen molar-refractivity contribution in [2.24, 2.45) is 0 Å². The second-order valence-corrected chi connectivity index (χ2v) is 12.5. The molecule has 9 nitrogen and oxygen atoms in total. The van der Waals surface area contributed by atoms with Gasteiger partial charge in [0.25, 0.3) is 5.91 Å². The van der Waals surface area contributed by atoms with Crippen LogP contribution < -0.4 is 10.2 Å². The lowest BCUT2D eigenvalue weighted by atomic mass is 9.84. The zero-order valence-electron chi connectivity index (χ0n) is 24.1. The van der Waals surface area contributed by atoms with Crippen LogP contribution in [0, 0.1) is 6.92 Å². The number of hydrogen-bond acceptors (Lipinski definition) is 8. The average molecular weight is 581 g/mol. The molecule has 0 spiro atoms. The predicted octanol–water partition coefficient (Wildman–Crippen LogP) is 4.22. The minimum Gasteiger partial charge on any atom is -0.465 e. The third-order valence-electron chi connectivity index (χ3n) is 9.35. The number of hydrogen-bond donors (Lipinski definition) is 1. The Bertz CT molecular complexity index is 1280. The maximum absolute atomic E-state index is 12.5. The van der Waals surface area contributed by atoms with Gasteiger partial charge < -0.3 is 15.0 Å². The van der Waals surface area contributed by atoms with Crippen molar-refractivity contribution in [3.05, 3.63) is 51.9 Å². The molecule has 2 aliphatic heterocycles. The van der Waals surface area contributed by atoms with Crippen LogP contribution >= 0.6 is 11.6 Å². The molecule has 4 fully saturated rings. The molecule has 1 N–H and O–H groups in total. The van der Waals surface area contributed by atoms with E-state index in [0.29, 0.717) is 40.4 Å². The molecule has 0 radical (unpaired) electrons. The molecule has 1 amide bonds. The number of benzene rings is 1. The number of carbonyl (C=O) groups excluding carboxylic acids is 2. The summed E-state index contributed by atoms with van der Waals surface area (Å²) in [4.78, 5) is 42.0. The van der Waals surface area contributed by atoms with Gasteiger partial charge in [0, 0.05) is 48.8 Å². The van der Waals surface area contributed by atoms with Crippen molar-refractivity contribution < 1.29 is 14.3 Å². The van der Waals surface area contributed by atoms with Crippen molar-refractivity contribution in [2.45, 2.75) is 89.0 Å². The number of nitrogens with zero attached hydrogens (tertiary/aromatic N) is 5. The Morgan fingerprint density at radius 3 is 2.49 bits per heavy atom. The van der Waals surface area contributed by atoms with Crippen molar-refractivity contribution in [3.8, 4) is 0 Å². The van der Waals surface area contributed by atoms with Crippen molar-refractivity contribution in [3.63, 3.8) is 0 Å². The first-order valence-electron chi connectivity index (χ1n) is 15.2. The number of rotatable bonds is 7. The van der Waals surface area contributed by atoms with Crippen LogP contribution in [0.5, 0.6) is 0 Å². The lowest BCUT2D eigenvalue weighted by Crippen LogP contribution is -2.64. The van der Waals surface area contributed by atoms with E-state index < -0.39 is 0 Å². The number of methoxy groups -OCH3 is 1. The summed E-state index contributed by atoms with van der Waals surface area (Å²) < 4.78 is 5.00. The summed E-state index contributed by atoms with van der Waals surface area (Å²) >= 11 is 6.16. The molecule has 3 heterocycles. The van der Waals surface area contributed by atoms with Crippen molar-refractivity contribution >= 4 is 29.3 Å². The summed E-state index contributed by atoms with van der Waals surface area (Å²) in [5, 5.41) is 3.57. The van der Waals surface area contributed by atoms with Crippen molar-refractivity contribution in [1.82, 2.24) is 25.1 Å². The van der Waals surface area contributed by atoms with E-state index >= 15 is 0 Å². The Kier molecular flexibility index (Phi) is 8.47. The van der Waals surface area contributed by atoms with E-state index in [9.17, 15) is 9.59 Å². The summed E-state index contributed by atoms with van der Waals surface area (Å²) in [5.74, 6) is 0.484. The number of amides is 1. The summed E-state index contributed by atoms with van der Waals surface area (Å²) in [6, 6.07) is 7.31. The van der Waals surface area contributed by atoms with E-state index in [-0.39, 0.29) is 11.9 Å². The Morgan fingerprint density at radius 2 is 1.78 bits per heavy atom. The Morgan fingerprint density at radius 1 is 1.02 bits per heavy atom. The monoisotopic (exact) mass is 580 g/mol. The number of piperidine rings is 1. The van der Waals surface area contributed by atoms with E-state index in [1.165, 1.54) is 26.4 Å². The van der Waals surface area contributed by atoms with Crippen molar-refractivity contribution in [1.29, 1.82) is 0 Å². The second-order valence-electron chi connectivity index (χ2n) is 12.1. The maximum atomic E-state index is 12.5. The van der Waals surface area contributed by atoms with Crippen LogP contribution in [-0.2, 0) is 11.3 Å². The fraction of sp³-hybridized carbons (Fsp3) is 0.613. The number of likely N-dealkylation sites (tertiary alicyclic amines) is 1. The first-order chi connectivity index (χ1) is 19.9. The van der Waals surface area contributed by atoms with Gasteiger partial charge in [0.2, 0.25) is 0 Å². The number of fused-ring (bicyclic) bond motifs is 1. The number of aromatic nitrogens is 2. The normalized spacial score (nSPS) is 24.1. The highest BCUT2D eigenvalue weighted by molar-refractivity contribution is 6.31. The largest absolute Gasteiger partial charge is 0.465 e. The topological polar surface area (TPSA) is 90.9 Å². The molecule has 4 aliphatic rings. The molecular formula is C31H41ClN6O3. The minimum atomic E-state index is -0.338. The molecule has 0 bridgehead atoms. The van der Waals surface area contributed by atoms with Crippen LogP contribution in [0.3, 0.4) is 0 Å². The van der Waals surface area contributed by atoms with Gasteiger partial charge in [0.05, 0.1) is 24.6 Å². The molecule has 220 valence electrons. The lowest BCUT2D eigenvalue weighted by Gasteiger charge is -2.54. The smallest absolute Gasteiger partial charge is 0.338 e. The van der Waals surface area contributed by atoms with Crippen LogP contribution in [-0.4, -0.2) is 89.1 Å². The summed E-state index contributed by atoms with van der Waals surface area (Å²) in [5.41, 5.74) is 2.78. The van der Waals surface area contributed by atoms with Crippen LogP contribution in [0.2, 0.25) is 5.02 Å². The Labute approximate surface area is 247 Å². The highest BCUT2D eigenvalue weighted by Crippen LogP contribution is 2.36. The Balaban J connectivity index is 1.10. The number of ether oxygens (including phenoxy) is 1. The fourth-order valence-corrected chi connectivity index (χ4v) is 7.28. The van der Waals surface area contributed by atoms with Crippen LogP contribution in [0.1, 0.15) is 83.5 Å². The summed E-state index contributed by atoms with van der Waals surface area (Å²) in [6.45, 7) is 6.66. The van der Waals surface area contributed by atoms with Crippen molar-refractivity contribution in [2.75, 3.05) is 38.2 Å². The van der Waals surface area contributed by atoms with Gasteiger partial charge in [-0.2, -0.15) is 0 Å². The number of esters is 1. The average Bonchev–Trinajstić information content (AvgIpc) is 3.81. The van der Waals surface area contributed by atoms with E-state index in [2.05, 4.69) is 25.0 Å². The molecule has 41 heavy (non-hydrogen) atoms. The molecule has 0 unspecified atom stereocenters. The standard InChI is InChI=1S/C31H41ClN6O3/c1-20-29(33-18-26(34-20)30(39)35-23-9-10-23)38-16-15-37(27-5-3-4-6-28(27)38)24-11-13-36(14-12-24)19-21-7-8-22(32)17-25(21)31(40)41-2/h7-8,17-18,23-24,27-28H,3-6,9-16,19H2,1-2H3,(H,35,39)/t27-,28+/m1/s1. The zero-order chi connectivity index (χ0) is 28.5. The third kappa shape index (κ3) is 6.22. The van der Waals surface area contributed by atoms with Gasteiger partial charge in [-0.05, 0) is 76.2 Å². The third-order valence-corrected chi connectivity index (χ3v) is 9.59. The minimum absolute atomic E-state index is 0.112. The number of halogens is 1. The van der Waals surface area contributed by atoms with Gasteiger partial charge in [-0.3, -0.25) is 14.6 Å². The summed E-state index contributed by atoms with van der Waals surface area (Å²) in [6.07, 6.45) is 10.9. The summed E-state index contributed by atoms with van der Waals surface area (Å²) in [7, 11) is 1.41. The number of carbonyl (C=O) groups is 2. The van der Waals surface area contributed by atoms with Gasteiger partial charge in [-0.1, -0.05) is 30.5 Å².